The maximum Gasteiger partial charge on any atom is 0.270 e. The van der Waals surface area contributed by atoms with Gasteiger partial charge in [-0.1, -0.05) is 12.1 Å². The zero-order chi connectivity index (χ0) is 15.4. The van der Waals surface area contributed by atoms with Crippen molar-refractivity contribution in [2.24, 2.45) is 7.05 Å². The van der Waals surface area contributed by atoms with E-state index in [-0.39, 0.29) is 18.3 Å². The molecule has 0 radical (unpaired) electrons. The van der Waals surface area contributed by atoms with E-state index in [1.165, 1.54) is 11.0 Å². The fourth-order valence-corrected chi connectivity index (χ4v) is 1.95. The van der Waals surface area contributed by atoms with E-state index in [0.717, 1.165) is 0 Å². The number of halogens is 1. The highest BCUT2D eigenvalue weighted by molar-refractivity contribution is 5.93. The number of ether oxygens (including phenoxy) is 1. The second kappa shape index (κ2) is 6.30. The number of carbonyl (C=O) groups is 1. The molecule has 1 heterocycles. The van der Waals surface area contributed by atoms with Crippen molar-refractivity contribution in [2.45, 2.75) is 0 Å². The second-order valence-corrected chi connectivity index (χ2v) is 4.78. The fourth-order valence-electron chi connectivity index (χ4n) is 1.95. The molecule has 0 saturated carbocycles. The monoisotopic (exact) mass is 291 g/mol. The number of hydrogen-bond donors (Lipinski definition) is 1. The van der Waals surface area contributed by atoms with Gasteiger partial charge in [-0.2, -0.15) is 0 Å². The van der Waals surface area contributed by atoms with E-state index in [9.17, 15) is 9.18 Å². The minimum absolute atomic E-state index is 0.161. The summed E-state index contributed by atoms with van der Waals surface area (Å²) in [6.07, 6.45) is 1.68. The normalized spacial score (nSPS) is 10.4. The molecule has 0 bridgehead atoms. The molecule has 1 aromatic carbocycles. The number of anilines is 1. The third-order valence-electron chi connectivity index (χ3n) is 3.11. The lowest BCUT2D eigenvalue weighted by molar-refractivity contribution is 0.0763. The van der Waals surface area contributed by atoms with E-state index in [1.54, 1.807) is 49.1 Å². The molecule has 0 aliphatic heterocycles. The number of carbonyl (C=O) groups excluding carboxylic acids is 1. The van der Waals surface area contributed by atoms with Crippen LogP contribution in [-0.4, -0.2) is 35.6 Å². The Morgan fingerprint density at radius 2 is 2.14 bits per heavy atom. The first-order valence-electron chi connectivity index (χ1n) is 6.53. The largest absolute Gasteiger partial charge is 0.489 e. The molecule has 2 aromatic rings. The Kier molecular flexibility index (Phi) is 4.47. The highest BCUT2D eigenvalue weighted by Gasteiger charge is 2.15. The zero-order valence-electron chi connectivity index (χ0n) is 12.0. The minimum Gasteiger partial charge on any atom is -0.489 e. The predicted octanol–water partition coefficient (Wildman–Crippen LogP) is 1.90. The molecule has 112 valence electrons. The van der Waals surface area contributed by atoms with Gasteiger partial charge < -0.3 is 19.9 Å². The van der Waals surface area contributed by atoms with Gasteiger partial charge in [-0.3, -0.25) is 4.79 Å². The van der Waals surface area contributed by atoms with Gasteiger partial charge >= 0.3 is 0 Å². The van der Waals surface area contributed by atoms with Gasteiger partial charge in [0, 0.05) is 20.3 Å². The van der Waals surface area contributed by atoms with Crippen molar-refractivity contribution >= 4 is 11.6 Å². The highest BCUT2D eigenvalue weighted by Crippen LogP contribution is 2.15. The van der Waals surface area contributed by atoms with Crippen LogP contribution in [0.5, 0.6) is 5.75 Å². The van der Waals surface area contributed by atoms with Crippen molar-refractivity contribution in [2.75, 3.05) is 25.9 Å². The van der Waals surface area contributed by atoms with Gasteiger partial charge in [-0.05, 0) is 18.2 Å². The Hall–Kier alpha value is -2.50. The molecule has 6 heteroatoms. The number of amides is 1. The number of aryl methyl sites for hydroxylation is 1. The lowest BCUT2D eigenvalue weighted by Crippen LogP contribution is -2.32. The van der Waals surface area contributed by atoms with Gasteiger partial charge in [-0.25, -0.2) is 4.39 Å². The lowest BCUT2D eigenvalue weighted by atomic mass is 10.3. The first-order chi connectivity index (χ1) is 9.99. The van der Waals surface area contributed by atoms with E-state index in [2.05, 4.69) is 0 Å². The summed E-state index contributed by atoms with van der Waals surface area (Å²) < 4.78 is 20.4. The van der Waals surface area contributed by atoms with Crippen molar-refractivity contribution in [3.63, 3.8) is 0 Å². The molecule has 0 atom stereocenters. The topological polar surface area (TPSA) is 60.5 Å². The average Bonchev–Trinajstić information content (AvgIpc) is 2.79. The Bertz CT molecular complexity index is 640. The van der Waals surface area contributed by atoms with Crippen molar-refractivity contribution in [3.05, 3.63) is 48.0 Å². The minimum atomic E-state index is -0.415. The van der Waals surface area contributed by atoms with Crippen molar-refractivity contribution in [1.82, 2.24) is 9.47 Å². The summed E-state index contributed by atoms with van der Waals surface area (Å²) in [6, 6.07) is 7.79. The molecule has 21 heavy (non-hydrogen) atoms. The molecule has 1 amide bonds. The quantitative estimate of drug-likeness (QED) is 0.915. The molecule has 1 aromatic heterocycles. The van der Waals surface area contributed by atoms with Gasteiger partial charge in [0.05, 0.1) is 12.2 Å². The maximum absolute atomic E-state index is 13.4. The number of aromatic nitrogens is 1. The standard InChI is InChI=1S/C15H18FN3O2/c1-18(15(20)13-9-11(17)10-19(13)2)7-8-21-14-6-4-3-5-12(14)16/h3-6,9-10H,7-8,17H2,1-2H3. The molecule has 2 rings (SSSR count). The van der Waals surface area contributed by atoms with Crippen LogP contribution in [0.15, 0.2) is 36.5 Å². The predicted molar refractivity (Wildman–Crippen MR) is 78.7 cm³/mol. The Morgan fingerprint density at radius 3 is 2.76 bits per heavy atom. The van der Waals surface area contributed by atoms with E-state index in [4.69, 9.17) is 10.5 Å². The molecule has 0 unspecified atom stereocenters. The number of para-hydroxylation sites is 1. The smallest absolute Gasteiger partial charge is 0.270 e. The van der Waals surface area contributed by atoms with Gasteiger partial charge in [0.15, 0.2) is 11.6 Å². The number of likely N-dealkylation sites (N-methyl/N-ethyl adjacent to an activating group) is 1. The van der Waals surface area contributed by atoms with Crippen LogP contribution in [0, 0.1) is 5.82 Å². The summed E-state index contributed by atoms with van der Waals surface area (Å²) in [5.74, 6) is -0.394. The number of nitrogens with zero attached hydrogens (tertiary/aromatic N) is 2. The van der Waals surface area contributed by atoms with E-state index in [1.807, 2.05) is 0 Å². The van der Waals surface area contributed by atoms with Gasteiger partial charge in [0.25, 0.3) is 5.91 Å². The third-order valence-corrected chi connectivity index (χ3v) is 3.11. The molecular formula is C15H18FN3O2. The van der Waals surface area contributed by atoms with Gasteiger partial charge in [0.1, 0.15) is 12.3 Å². The Labute approximate surface area is 122 Å². The summed E-state index contributed by atoms with van der Waals surface area (Å²) in [5.41, 5.74) is 6.69. The average molecular weight is 291 g/mol. The number of rotatable bonds is 5. The van der Waals surface area contributed by atoms with E-state index in [0.29, 0.717) is 17.9 Å². The van der Waals surface area contributed by atoms with Crippen LogP contribution in [0.3, 0.4) is 0 Å². The summed E-state index contributed by atoms with van der Waals surface area (Å²) >= 11 is 0. The third kappa shape index (κ3) is 3.53. The molecule has 0 aliphatic carbocycles. The van der Waals surface area contributed by atoms with Crippen LogP contribution in [-0.2, 0) is 7.05 Å². The first kappa shape index (κ1) is 14.9. The number of hydrogen-bond acceptors (Lipinski definition) is 3. The van der Waals surface area contributed by atoms with Crippen LogP contribution in [0.25, 0.3) is 0 Å². The van der Waals surface area contributed by atoms with Gasteiger partial charge in [0.2, 0.25) is 0 Å². The Morgan fingerprint density at radius 1 is 1.43 bits per heavy atom. The zero-order valence-corrected chi connectivity index (χ0v) is 12.0. The first-order valence-corrected chi connectivity index (χ1v) is 6.53. The van der Waals surface area contributed by atoms with Crippen molar-refractivity contribution in [3.8, 4) is 5.75 Å². The van der Waals surface area contributed by atoms with Crippen LogP contribution in [0.2, 0.25) is 0 Å². The molecular weight excluding hydrogens is 273 g/mol. The summed E-state index contributed by atoms with van der Waals surface area (Å²) in [6.45, 7) is 0.557. The molecule has 0 spiro atoms. The summed E-state index contributed by atoms with van der Waals surface area (Å²) in [4.78, 5) is 13.7. The molecule has 0 saturated heterocycles. The van der Waals surface area contributed by atoms with Crippen LogP contribution < -0.4 is 10.5 Å². The molecule has 0 aliphatic rings. The van der Waals surface area contributed by atoms with Crippen LogP contribution >= 0.6 is 0 Å². The van der Waals surface area contributed by atoms with E-state index < -0.39 is 5.82 Å². The Balaban J connectivity index is 1.90. The van der Waals surface area contributed by atoms with Crippen molar-refractivity contribution < 1.29 is 13.9 Å². The number of nitrogens with two attached hydrogens (primary N) is 1. The SMILES string of the molecule is CN(CCOc1ccccc1F)C(=O)c1cc(N)cn1C. The fraction of sp³-hybridized carbons (Fsp3) is 0.267. The lowest BCUT2D eigenvalue weighted by Gasteiger charge is -2.17. The molecule has 0 fully saturated rings. The van der Waals surface area contributed by atoms with E-state index >= 15 is 0 Å². The number of nitrogen functional groups attached to an aromatic ring is 1. The van der Waals surface area contributed by atoms with Crippen LogP contribution in [0.1, 0.15) is 10.5 Å². The molecule has 2 N–H and O–H groups in total. The van der Waals surface area contributed by atoms with Gasteiger partial charge in [-0.15, -0.1) is 0 Å². The molecule has 5 nitrogen and oxygen atoms in total. The second-order valence-electron chi connectivity index (χ2n) is 4.78. The summed E-state index contributed by atoms with van der Waals surface area (Å²) in [5, 5.41) is 0. The number of benzene rings is 1. The van der Waals surface area contributed by atoms with Crippen LogP contribution in [0.4, 0.5) is 10.1 Å². The summed E-state index contributed by atoms with van der Waals surface area (Å²) in [7, 11) is 3.42. The van der Waals surface area contributed by atoms with Crippen molar-refractivity contribution in [1.29, 1.82) is 0 Å². The highest BCUT2D eigenvalue weighted by atomic mass is 19.1. The maximum atomic E-state index is 13.4.